The van der Waals surface area contributed by atoms with Crippen LogP contribution in [0.5, 0.6) is 5.75 Å². The van der Waals surface area contributed by atoms with Crippen molar-refractivity contribution in [2.24, 2.45) is 0 Å². The predicted molar refractivity (Wildman–Crippen MR) is 103 cm³/mol. The SMILES string of the molecule is CCOc1ccccc1NC(=O)Nc1nc(-c2ccc(Cl)cc2)cs1. The van der Waals surface area contributed by atoms with Crippen molar-refractivity contribution in [3.63, 3.8) is 0 Å². The van der Waals surface area contributed by atoms with Gasteiger partial charge in [0.05, 0.1) is 18.0 Å². The highest BCUT2D eigenvalue weighted by molar-refractivity contribution is 7.14. The van der Waals surface area contributed by atoms with Crippen LogP contribution >= 0.6 is 22.9 Å². The molecule has 0 saturated heterocycles. The van der Waals surface area contributed by atoms with Crippen LogP contribution in [0.25, 0.3) is 11.3 Å². The first-order chi connectivity index (χ1) is 12.2. The van der Waals surface area contributed by atoms with Gasteiger partial charge in [-0.15, -0.1) is 11.3 Å². The van der Waals surface area contributed by atoms with Crippen molar-refractivity contribution in [3.05, 3.63) is 58.9 Å². The fourth-order valence-electron chi connectivity index (χ4n) is 2.19. The Hall–Kier alpha value is -2.57. The van der Waals surface area contributed by atoms with E-state index in [0.29, 0.717) is 28.2 Å². The highest BCUT2D eigenvalue weighted by atomic mass is 35.5. The summed E-state index contributed by atoms with van der Waals surface area (Å²) >= 11 is 7.25. The summed E-state index contributed by atoms with van der Waals surface area (Å²) in [6.07, 6.45) is 0. The third-order valence-electron chi connectivity index (χ3n) is 3.30. The maximum Gasteiger partial charge on any atom is 0.325 e. The van der Waals surface area contributed by atoms with Crippen LogP contribution in [-0.2, 0) is 0 Å². The van der Waals surface area contributed by atoms with Crippen LogP contribution < -0.4 is 15.4 Å². The van der Waals surface area contributed by atoms with Gasteiger partial charge in [0.2, 0.25) is 0 Å². The first kappa shape index (κ1) is 17.3. The van der Waals surface area contributed by atoms with Gasteiger partial charge in [0, 0.05) is 16.0 Å². The van der Waals surface area contributed by atoms with Gasteiger partial charge >= 0.3 is 6.03 Å². The van der Waals surface area contributed by atoms with E-state index in [0.717, 1.165) is 11.3 Å². The number of aromatic nitrogens is 1. The number of ether oxygens (including phenoxy) is 1. The molecule has 0 fully saturated rings. The number of amides is 2. The minimum atomic E-state index is -0.371. The molecule has 2 aromatic carbocycles. The number of rotatable bonds is 5. The van der Waals surface area contributed by atoms with Gasteiger partial charge in [-0.05, 0) is 31.2 Å². The molecule has 0 radical (unpaired) electrons. The summed E-state index contributed by atoms with van der Waals surface area (Å²) < 4.78 is 5.49. The lowest BCUT2D eigenvalue weighted by molar-refractivity contribution is 0.262. The van der Waals surface area contributed by atoms with Gasteiger partial charge < -0.3 is 10.1 Å². The minimum absolute atomic E-state index is 0.371. The molecule has 0 bridgehead atoms. The maximum atomic E-state index is 12.2. The Bertz CT molecular complexity index is 865. The van der Waals surface area contributed by atoms with Gasteiger partial charge in [0.1, 0.15) is 5.75 Å². The first-order valence-electron chi connectivity index (χ1n) is 7.67. The summed E-state index contributed by atoms with van der Waals surface area (Å²) in [4.78, 5) is 16.6. The number of para-hydroxylation sites is 2. The molecule has 0 saturated carbocycles. The van der Waals surface area contributed by atoms with E-state index in [4.69, 9.17) is 16.3 Å². The van der Waals surface area contributed by atoms with Crippen molar-refractivity contribution < 1.29 is 9.53 Å². The number of anilines is 2. The second kappa shape index (κ2) is 8.00. The predicted octanol–water partition coefficient (Wildman–Crippen LogP) is 5.51. The molecule has 1 heterocycles. The van der Waals surface area contributed by atoms with Crippen LogP contribution in [0.15, 0.2) is 53.9 Å². The molecule has 0 atom stereocenters. The third-order valence-corrected chi connectivity index (χ3v) is 4.31. The van der Waals surface area contributed by atoms with Crippen molar-refractivity contribution in [3.8, 4) is 17.0 Å². The normalized spacial score (nSPS) is 10.3. The highest BCUT2D eigenvalue weighted by Gasteiger charge is 2.10. The number of hydrogen-bond donors (Lipinski definition) is 2. The zero-order chi connectivity index (χ0) is 17.6. The summed E-state index contributed by atoms with van der Waals surface area (Å²) in [5, 5.41) is 8.57. The molecule has 2 N–H and O–H groups in total. The van der Waals surface area contributed by atoms with Crippen LogP contribution in [0.4, 0.5) is 15.6 Å². The zero-order valence-corrected chi connectivity index (χ0v) is 15.0. The lowest BCUT2D eigenvalue weighted by atomic mass is 10.2. The summed E-state index contributed by atoms with van der Waals surface area (Å²) in [6.45, 7) is 2.42. The van der Waals surface area contributed by atoms with Crippen LogP contribution in [-0.4, -0.2) is 17.6 Å². The van der Waals surface area contributed by atoms with E-state index in [2.05, 4.69) is 15.6 Å². The summed E-state index contributed by atoms with van der Waals surface area (Å²) in [7, 11) is 0. The number of hydrogen-bond acceptors (Lipinski definition) is 4. The second-order valence-electron chi connectivity index (χ2n) is 5.05. The monoisotopic (exact) mass is 373 g/mol. The third kappa shape index (κ3) is 4.49. The lowest BCUT2D eigenvalue weighted by Gasteiger charge is -2.11. The van der Waals surface area contributed by atoms with Crippen LogP contribution in [0, 0.1) is 0 Å². The molecule has 0 aliphatic carbocycles. The van der Waals surface area contributed by atoms with Crippen LogP contribution in [0.2, 0.25) is 5.02 Å². The molecule has 25 heavy (non-hydrogen) atoms. The standard InChI is InChI=1S/C18H16ClN3O2S/c1-2-24-16-6-4-3-5-14(16)20-17(23)22-18-21-15(11-25-18)12-7-9-13(19)10-8-12/h3-11H,2H2,1H3,(H2,20,21,22,23). The molecule has 3 aromatic rings. The van der Waals surface area contributed by atoms with E-state index in [1.165, 1.54) is 11.3 Å². The topological polar surface area (TPSA) is 63.2 Å². The minimum Gasteiger partial charge on any atom is -0.492 e. The van der Waals surface area contributed by atoms with E-state index >= 15 is 0 Å². The fraction of sp³-hybridized carbons (Fsp3) is 0.111. The Balaban J connectivity index is 1.67. The molecule has 7 heteroatoms. The number of nitrogens with one attached hydrogen (secondary N) is 2. The van der Waals surface area contributed by atoms with E-state index < -0.39 is 0 Å². The van der Waals surface area contributed by atoms with E-state index in [1.807, 2.05) is 36.6 Å². The number of halogens is 1. The molecular formula is C18H16ClN3O2S. The maximum absolute atomic E-state index is 12.2. The molecule has 3 rings (SSSR count). The zero-order valence-electron chi connectivity index (χ0n) is 13.5. The van der Waals surface area contributed by atoms with Gasteiger partial charge in [-0.3, -0.25) is 5.32 Å². The van der Waals surface area contributed by atoms with Crippen LogP contribution in [0.1, 0.15) is 6.92 Å². The number of carbonyl (C=O) groups excluding carboxylic acids is 1. The summed E-state index contributed by atoms with van der Waals surface area (Å²) in [5.74, 6) is 0.626. The largest absolute Gasteiger partial charge is 0.492 e. The van der Waals surface area contributed by atoms with Gasteiger partial charge in [0.25, 0.3) is 0 Å². The van der Waals surface area contributed by atoms with Crippen molar-refractivity contribution in [2.75, 3.05) is 17.2 Å². The van der Waals surface area contributed by atoms with Crippen molar-refractivity contribution in [2.45, 2.75) is 6.92 Å². The molecule has 5 nitrogen and oxygen atoms in total. The van der Waals surface area contributed by atoms with Gasteiger partial charge in [-0.1, -0.05) is 35.9 Å². The summed E-state index contributed by atoms with van der Waals surface area (Å²) in [5.41, 5.74) is 2.33. The molecule has 0 aliphatic rings. The average molecular weight is 374 g/mol. The molecular weight excluding hydrogens is 358 g/mol. The summed E-state index contributed by atoms with van der Waals surface area (Å²) in [6, 6.07) is 14.3. The fourth-order valence-corrected chi connectivity index (χ4v) is 3.03. The number of benzene rings is 2. The number of nitrogens with zero attached hydrogens (tertiary/aromatic N) is 1. The van der Waals surface area contributed by atoms with Gasteiger partial charge in [0.15, 0.2) is 5.13 Å². The lowest BCUT2D eigenvalue weighted by Crippen LogP contribution is -2.19. The first-order valence-corrected chi connectivity index (χ1v) is 8.93. The molecule has 2 amide bonds. The Morgan fingerprint density at radius 1 is 1.16 bits per heavy atom. The average Bonchev–Trinajstić information content (AvgIpc) is 3.06. The quantitative estimate of drug-likeness (QED) is 0.620. The smallest absolute Gasteiger partial charge is 0.325 e. The Kier molecular flexibility index (Phi) is 5.53. The van der Waals surface area contributed by atoms with Crippen molar-refractivity contribution in [1.82, 2.24) is 4.98 Å². The molecule has 128 valence electrons. The molecule has 0 spiro atoms. The van der Waals surface area contributed by atoms with Crippen molar-refractivity contribution in [1.29, 1.82) is 0 Å². The number of carbonyl (C=O) groups is 1. The van der Waals surface area contributed by atoms with Crippen LogP contribution in [0.3, 0.4) is 0 Å². The van der Waals surface area contributed by atoms with Crippen molar-refractivity contribution >= 4 is 39.8 Å². The Labute approximate surface area is 154 Å². The highest BCUT2D eigenvalue weighted by Crippen LogP contribution is 2.27. The Morgan fingerprint density at radius 3 is 2.68 bits per heavy atom. The van der Waals surface area contributed by atoms with E-state index in [-0.39, 0.29) is 6.03 Å². The molecule has 0 unspecified atom stereocenters. The van der Waals surface area contributed by atoms with Gasteiger partial charge in [-0.2, -0.15) is 0 Å². The van der Waals surface area contributed by atoms with Gasteiger partial charge in [-0.25, -0.2) is 9.78 Å². The number of thiazole rings is 1. The second-order valence-corrected chi connectivity index (χ2v) is 6.35. The van der Waals surface area contributed by atoms with E-state index in [1.54, 1.807) is 24.3 Å². The Morgan fingerprint density at radius 2 is 1.92 bits per heavy atom. The molecule has 0 aliphatic heterocycles. The van der Waals surface area contributed by atoms with E-state index in [9.17, 15) is 4.79 Å². The number of urea groups is 1. The molecule has 1 aromatic heterocycles.